The van der Waals surface area contributed by atoms with Crippen LogP contribution in [0.3, 0.4) is 0 Å². The highest BCUT2D eigenvalue weighted by Crippen LogP contribution is 2.40. The minimum atomic E-state index is -1.95. The van der Waals surface area contributed by atoms with Crippen molar-refractivity contribution in [2.24, 2.45) is 0 Å². The molecule has 2 aromatic heterocycles. The molecule has 1 aliphatic heterocycles. The van der Waals surface area contributed by atoms with Gasteiger partial charge >= 0.3 is 6.16 Å². The lowest BCUT2D eigenvalue weighted by atomic mass is 9.92. The molecule has 0 aromatic carbocycles. The molecule has 0 unspecified atom stereocenters. The Hall–Kier alpha value is -2.94. The third-order valence-electron chi connectivity index (χ3n) is 5.06. The van der Waals surface area contributed by atoms with Crippen molar-refractivity contribution in [3.05, 3.63) is 24.2 Å². The first-order valence-electron chi connectivity index (χ1n) is 9.05. The number of aliphatic hydroxyl groups excluding tert-OH is 2. The van der Waals surface area contributed by atoms with Gasteiger partial charge in [-0.15, -0.1) is 0 Å². The Morgan fingerprint density at radius 1 is 1.48 bits per heavy atom. The van der Waals surface area contributed by atoms with Crippen LogP contribution < -0.4 is 5.73 Å². The van der Waals surface area contributed by atoms with Crippen LogP contribution in [0.5, 0.6) is 0 Å². The predicted octanol–water partition coefficient (Wildman–Crippen LogP) is 0.493. The van der Waals surface area contributed by atoms with Gasteiger partial charge in [-0.25, -0.2) is 14.3 Å². The molecule has 29 heavy (non-hydrogen) atoms. The van der Waals surface area contributed by atoms with Gasteiger partial charge in [0.1, 0.15) is 48.4 Å². The third-order valence-corrected chi connectivity index (χ3v) is 5.06. The average molecular weight is 405 g/mol. The lowest BCUT2D eigenvalue weighted by Gasteiger charge is -2.24. The van der Waals surface area contributed by atoms with Crippen LogP contribution in [0, 0.1) is 11.3 Å². The summed E-state index contributed by atoms with van der Waals surface area (Å²) in [5.74, 6) is 0.175. The van der Waals surface area contributed by atoms with E-state index >= 15 is 0 Å². The Kier molecular flexibility index (Phi) is 5.36. The number of ether oxygens (including phenoxy) is 3. The molecule has 4 N–H and O–H groups in total. The van der Waals surface area contributed by atoms with E-state index in [9.17, 15) is 20.3 Å². The molecule has 3 rings (SSSR count). The summed E-state index contributed by atoms with van der Waals surface area (Å²) in [6.45, 7) is 4.89. The van der Waals surface area contributed by atoms with Gasteiger partial charge in [0, 0.05) is 0 Å². The van der Waals surface area contributed by atoms with Gasteiger partial charge in [-0.3, -0.25) is 0 Å². The van der Waals surface area contributed by atoms with E-state index in [2.05, 4.69) is 10.1 Å². The molecule has 1 saturated heterocycles. The molecule has 0 radical (unpaired) electrons. The number of nitrogen functional groups attached to an aromatic ring is 1. The number of hydrogen-bond donors (Lipinski definition) is 3. The first kappa shape index (κ1) is 20.8. The number of fused-ring (bicyclic) bond motifs is 1. The predicted molar refractivity (Wildman–Crippen MR) is 98.4 cm³/mol. The second kappa shape index (κ2) is 7.47. The zero-order valence-electron chi connectivity index (χ0n) is 16.3. The number of carbonyl (C=O) groups excluding carboxylic acids is 1. The Labute approximate surface area is 166 Å². The van der Waals surface area contributed by atoms with E-state index in [-0.39, 0.29) is 11.5 Å². The Morgan fingerprint density at radius 3 is 2.86 bits per heavy atom. The minimum Gasteiger partial charge on any atom is -0.431 e. The molecule has 0 bridgehead atoms. The lowest BCUT2D eigenvalue weighted by molar-refractivity contribution is -0.0807. The summed E-state index contributed by atoms with van der Waals surface area (Å²) in [7, 11) is 0. The van der Waals surface area contributed by atoms with E-state index in [4.69, 9.17) is 19.9 Å². The van der Waals surface area contributed by atoms with Crippen molar-refractivity contribution >= 4 is 17.5 Å². The van der Waals surface area contributed by atoms with Crippen LogP contribution in [0.2, 0.25) is 0 Å². The highest BCUT2D eigenvalue weighted by Gasteiger charge is 2.57. The molecule has 11 nitrogen and oxygen atoms in total. The SMILES string of the molecule is CCC(C)(C)OC(=O)OC[C@H]1O[C@@](C#N)(c2ccc3c(N)ncnn23)[C@H](O)[C@@H]1O. The second-order valence-electron chi connectivity index (χ2n) is 7.38. The Bertz CT molecular complexity index is 954. The molecule has 4 atom stereocenters. The molecule has 3 heterocycles. The van der Waals surface area contributed by atoms with Crippen molar-refractivity contribution in [2.45, 2.75) is 56.7 Å². The normalized spacial score (nSPS) is 27.0. The highest BCUT2D eigenvalue weighted by molar-refractivity contribution is 5.66. The summed E-state index contributed by atoms with van der Waals surface area (Å²) >= 11 is 0. The number of carbonyl (C=O) groups is 1. The average Bonchev–Trinajstić information content (AvgIpc) is 3.22. The van der Waals surface area contributed by atoms with Crippen LogP contribution in [0.25, 0.3) is 5.52 Å². The molecule has 1 aliphatic rings. The van der Waals surface area contributed by atoms with Crippen LogP contribution in [-0.4, -0.2) is 61.5 Å². The number of nitrogens with zero attached hydrogens (tertiary/aromatic N) is 4. The van der Waals surface area contributed by atoms with Gasteiger partial charge in [-0.2, -0.15) is 10.4 Å². The van der Waals surface area contributed by atoms with Gasteiger partial charge in [0.05, 0.1) is 5.69 Å². The summed E-state index contributed by atoms with van der Waals surface area (Å²) < 4.78 is 17.2. The molecular formula is C18H23N5O6. The van der Waals surface area contributed by atoms with Gasteiger partial charge in [0.15, 0.2) is 5.82 Å². The van der Waals surface area contributed by atoms with Gasteiger partial charge in [-0.05, 0) is 32.4 Å². The number of aromatic nitrogens is 3. The topological polar surface area (TPSA) is 165 Å². The maximum Gasteiger partial charge on any atom is 0.508 e. The van der Waals surface area contributed by atoms with Crippen LogP contribution in [0.15, 0.2) is 18.5 Å². The zero-order valence-corrected chi connectivity index (χ0v) is 16.3. The first-order chi connectivity index (χ1) is 13.6. The van der Waals surface area contributed by atoms with Crippen molar-refractivity contribution in [3.8, 4) is 6.07 Å². The van der Waals surface area contributed by atoms with E-state index in [1.54, 1.807) is 19.9 Å². The lowest BCUT2D eigenvalue weighted by Crippen LogP contribution is -2.41. The Balaban J connectivity index is 1.82. The van der Waals surface area contributed by atoms with Gasteiger partial charge < -0.3 is 30.2 Å². The van der Waals surface area contributed by atoms with E-state index in [0.29, 0.717) is 11.9 Å². The number of nitrogens with two attached hydrogens (primary N) is 1. The number of aliphatic hydroxyl groups is 2. The largest absolute Gasteiger partial charge is 0.508 e. The van der Waals surface area contributed by atoms with Crippen LogP contribution in [0.4, 0.5) is 10.6 Å². The smallest absolute Gasteiger partial charge is 0.431 e. The van der Waals surface area contributed by atoms with E-state index < -0.39 is 42.3 Å². The van der Waals surface area contributed by atoms with Gasteiger partial charge in [-0.1, -0.05) is 6.92 Å². The molecule has 11 heteroatoms. The molecular weight excluding hydrogens is 382 g/mol. The molecule has 156 valence electrons. The minimum absolute atomic E-state index is 0.160. The second-order valence-corrected chi connectivity index (χ2v) is 7.38. The highest BCUT2D eigenvalue weighted by atomic mass is 16.7. The fourth-order valence-corrected chi connectivity index (χ4v) is 3.03. The maximum absolute atomic E-state index is 11.9. The summed E-state index contributed by atoms with van der Waals surface area (Å²) in [5, 5.41) is 34.9. The Morgan fingerprint density at radius 2 is 2.21 bits per heavy atom. The van der Waals surface area contributed by atoms with Crippen molar-refractivity contribution < 1.29 is 29.2 Å². The third kappa shape index (κ3) is 3.57. The zero-order chi connectivity index (χ0) is 21.4. The standard InChI is InChI=1S/C18H23N5O6/c1-4-17(2,3)29-16(26)27-7-11-13(24)14(25)18(8-19,28-11)12-6-5-10-15(20)21-9-22-23(10)12/h5-6,9,11,13-14,24-25H,4,7H2,1-3H3,(H2,20,21,22)/t11-,13-,14-,18+/m1/s1. The summed E-state index contributed by atoms with van der Waals surface area (Å²) in [5.41, 5.74) is 3.71. The molecule has 0 spiro atoms. The van der Waals surface area contributed by atoms with Gasteiger partial charge in [0.2, 0.25) is 5.60 Å². The van der Waals surface area contributed by atoms with Gasteiger partial charge in [0.25, 0.3) is 0 Å². The van der Waals surface area contributed by atoms with Crippen LogP contribution >= 0.6 is 0 Å². The molecule has 0 amide bonds. The molecule has 2 aromatic rings. The van der Waals surface area contributed by atoms with Crippen molar-refractivity contribution in [2.75, 3.05) is 12.3 Å². The monoisotopic (exact) mass is 405 g/mol. The van der Waals surface area contributed by atoms with Crippen molar-refractivity contribution in [1.29, 1.82) is 5.26 Å². The summed E-state index contributed by atoms with van der Waals surface area (Å²) in [6, 6.07) is 4.98. The number of nitriles is 1. The molecule has 0 aliphatic carbocycles. The van der Waals surface area contributed by atoms with Crippen LogP contribution in [-0.2, 0) is 19.8 Å². The quantitative estimate of drug-likeness (QED) is 0.596. The molecule has 0 saturated carbocycles. The summed E-state index contributed by atoms with van der Waals surface area (Å²) in [4.78, 5) is 15.8. The molecule has 1 fully saturated rings. The fraction of sp³-hybridized carbons (Fsp3) is 0.556. The first-order valence-corrected chi connectivity index (χ1v) is 9.05. The van der Waals surface area contributed by atoms with Crippen molar-refractivity contribution in [3.63, 3.8) is 0 Å². The number of hydrogen-bond acceptors (Lipinski definition) is 10. The fourth-order valence-electron chi connectivity index (χ4n) is 3.03. The van der Waals surface area contributed by atoms with Crippen molar-refractivity contribution in [1.82, 2.24) is 14.6 Å². The van der Waals surface area contributed by atoms with E-state index in [1.807, 2.05) is 13.0 Å². The van der Waals surface area contributed by atoms with E-state index in [0.717, 1.165) is 0 Å². The van der Waals surface area contributed by atoms with Crippen LogP contribution in [0.1, 0.15) is 32.9 Å². The summed E-state index contributed by atoms with van der Waals surface area (Å²) in [6.07, 6.45) is -3.45. The maximum atomic E-state index is 11.9. The van der Waals surface area contributed by atoms with E-state index in [1.165, 1.54) is 16.9 Å². The number of anilines is 1. The number of rotatable bonds is 5.